The average Bonchev–Trinajstić information content (AvgIpc) is 2.86. The van der Waals surface area contributed by atoms with Gasteiger partial charge in [-0.05, 0) is 39.8 Å². The lowest BCUT2D eigenvalue weighted by atomic mass is 10.1. The van der Waals surface area contributed by atoms with Crippen LogP contribution in [0.15, 0.2) is 29.4 Å². The third-order valence-electron chi connectivity index (χ3n) is 3.24. The minimum Gasteiger partial charge on any atom is -0.325 e. The molecular weight excluding hydrogens is 312 g/mol. The minimum absolute atomic E-state index is 0.0315. The van der Waals surface area contributed by atoms with E-state index in [1.165, 1.54) is 18.7 Å². The Kier molecular flexibility index (Phi) is 5.54. The third kappa shape index (κ3) is 4.41. The van der Waals surface area contributed by atoms with E-state index in [-0.39, 0.29) is 23.5 Å². The Labute approximate surface area is 139 Å². The summed E-state index contributed by atoms with van der Waals surface area (Å²) >= 11 is 1.34. The molecule has 6 nitrogen and oxygen atoms in total. The highest BCUT2D eigenvalue weighted by atomic mass is 32.2. The predicted molar refractivity (Wildman–Crippen MR) is 90.9 cm³/mol. The fourth-order valence-corrected chi connectivity index (χ4v) is 3.10. The maximum Gasteiger partial charge on any atom is 0.234 e. The summed E-state index contributed by atoms with van der Waals surface area (Å²) in [5.41, 5.74) is 1.19. The normalized spacial score (nSPS) is 10.8. The molecule has 7 heteroatoms. The number of nitrogens with zero attached hydrogens (tertiary/aromatic N) is 3. The first-order valence-electron chi connectivity index (χ1n) is 7.33. The van der Waals surface area contributed by atoms with Crippen molar-refractivity contribution in [2.45, 2.75) is 38.9 Å². The van der Waals surface area contributed by atoms with Crippen molar-refractivity contribution in [1.82, 2.24) is 14.8 Å². The number of hydrogen-bond donors (Lipinski definition) is 1. The molecule has 1 heterocycles. The van der Waals surface area contributed by atoms with Crippen LogP contribution in [0, 0.1) is 6.92 Å². The summed E-state index contributed by atoms with van der Waals surface area (Å²) in [6, 6.07) is 7.14. The molecule has 23 heavy (non-hydrogen) atoms. The molecular formula is C16H20N4O2S. The molecule has 0 saturated heterocycles. The van der Waals surface area contributed by atoms with Crippen LogP contribution in [0.3, 0.4) is 0 Å². The molecule has 0 aliphatic carbocycles. The van der Waals surface area contributed by atoms with Gasteiger partial charge in [0.2, 0.25) is 5.91 Å². The predicted octanol–water partition coefficient (Wildman–Crippen LogP) is 3.10. The van der Waals surface area contributed by atoms with Crippen LogP contribution in [-0.4, -0.2) is 32.2 Å². The second-order valence-electron chi connectivity index (χ2n) is 5.47. The molecule has 0 radical (unpaired) electrons. The number of aryl methyl sites for hydroxylation is 1. The van der Waals surface area contributed by atoms with Crippen molar-refractivity contribution in [3.63, 3.8) is 0 Å². The summed E-state index contributed by atoms with van der Waals surface area (Å²) in [5, 5.41) is 11.7. The Morgan fingerprint density at radius 2 is 2.04 bits per heavy atom. The number of aromatic nitrogens is 3. The van der Waals surface area contributed by atoms with Crippen LogP contribution in [0.4, 0.5) is 5.69 Å². The van der Waals surface area contributed by atoms with E-state index in [1.54, 1.807) is 24.3 Å². The van der Waals surface area contributed by atoms with E-state index < -0.39 is 0 Å². The lowest BCUT2D eigenvalue weighted by Crippen LogP contribution is -2.15. The number of anilines is 1. The molecule has 0 fully saturated rings. The van der Waals surface area contributed by atoms with Gasteiger partial charge in [0.15, 0.2) is 10.9 Å². The monoisotopic (exact) mass is 332 g/mol. The van der Waals surface area contributed by atoms with E-state index in [2.05, 4.69) is 15.5 Å². The molecule has 1 aromatic carbocycles. The summed E-state index contributed by atoms with van der Waals surface area (Å²) in [6.07, 6.45) is 0. The summed E-state index contributed by atoms with van der Waals surface area (Å²) in [6.45, 7) is 7.49. The van der Waals surface area contributed by atoms with Crippen molar-refractivity contribution >= 4 is 29.1 Å². The smallest absolute Gasteiger partial charge is 0.234 e. The zero-order chi connectivity index (χ0) is 17.0. The number of thioether (sulfide) groups is 1. The van der Waals surface area contributed by atoms with Gasteiger partial charge >= 0.3 is 0 Å². The number of amides is 1. The van der Waals surface area contributed by atoms with Gasteiger partial charge in [-0.25, -0.2) is 0 Å². The highest BCUT2D eigenvalue weighted by molar-refractivity contribution is 7.99. The Hall–Kier alpha value is -2.15. The van der Waals surface area contributed by atoms with Gasteiger partial charge in [0.25, 0.3) is 0 Å². The molecule has 1 N–H and O–H groups in total. The summed E-state index contributed by atoms with van der Waals surface area (Å²) < 4.78 is 1.99. The van der Waals surface area contributed by atoms with Crippen molar-refractivity contribution in [3.8, 4) is 0 Å². The van der Waals surface area contributed by atoms with Crippen molar-refractivity contribution in [2.75, 3.05) is 11.1 Å². The lowest BCUT2D eigenvalue weighted by Gasteiger charge is -2.11. The first kappa shape index (κ1) is 17.2. The highest BCUT2D eigenvalue weighted by Crippen LogP contribution is 2.21. The first-order chi connectivity index (χ1) is 10.9. The maximum atomic E-state index is 12.1. The van der Waals surface area contributed by atoms with E-state index in [1.807, 2.05) is 25.3 Å². The zero-order valence-corrected chi connectivity index (χ0v) is 14.5. The highest BCUT2D eigenvalue weighted by Gasteiger charge is 2.14. The van der Waals surface area contributed by atoms with Gasteiger partial charge in [-0.15, -0.1) is 10.2 Å². The number of ketones is 1. The molecule has 122 valence electrons. The number of carbonyl (C=O) groups excluding carboxylic acids is 2. The number of benzene rings is 1. The van der Waals surface area contributed by atoms with Crippen LogP contribution in [0.2, 0.25) is 0 Å². The van der Waals surface area contributed by atoms with Gasteiger partial charge in [0, 0.05) is 17.3 Å². The standard InChI is InChI=1S/C16H20N4O2S/c1-10(2)20-12(4)18-19-16(20)23-9-15(22)17-14-7-5-6-13(8-14)11(3)21/h5-8,10H,9H2,1-4H3,(H,17,22). The van der Waals surface area contributed by atoms with Crippen molar-refractivity contribution in [2.24, 2.45) is 0 Å². The lowest BCUT2D eigenvalue weighted by molar-refractivity contribution is -0.113. The van der Waals surface area contributed by atoms with Crippen molar-refractivity contribution in [3.05, 3.63) is 35.7 Å². The third-order valence-corrected chi connectivity index (χ3v) is 4.18. The van der Waals surface area contributed by atoms with Gasteiger partial charge in [0.05, 0.1) is 5.75 Å². The molecule has 0 bridgehead atoms. The molecule has 0 spiro atoms. The molecule has 0 atom stereocenters. The number of nitrogens with one attached hydrogen (secondary N) is 1. The van der Waals surface area contributed by atoms with Crippen LogP contribution in [0.1, 0.15) is 43.0 Å². The second kappa shape index (κ2) is 7.41. The number of carbonyl (C=O) groups is 2. The summed E-state index contributed by atoms with van der Waals surface area (Å²) in [7, 11) is 0. The quantitative estimate of drug-likeness (QED) is 0.650. The molecule has 0 aliphatic heterocycles. The molecule has 1 aromatic heterocycles. The van der Waals surface area contributed by atoms with Gasteiger partial charge in [0.1, 0.15) is 5.82 Å². The van der Waals surface area contributed by atoms with E-state index in [0.717, 1.165) is 11.0 Å². The van der Waals surface area contributed by atoms with Crippen LogP contribution in [-0.2, 0) is 4.79 Å². The fourth-order valence-electron chi connectivity index (χ4n) is 2.19. The molecule has 0 aliphatic rings. The number of hydrogen-bond acceptors (Lipinski definition) is 5. The molecule has 2 aromatic rings. The second-order valence-corrected chi connectivity index (χ2v) is 6.41. The van der Waals surface area contributed by atoms with Gasteiger partial charge < -0.3 is 9.88 Å². The number of Topliss-reactive ketones (excluding diaryl/α,β-unsaturated/α-hetero) is 1. The Morgan fingerprint density at radius 1 is 1.30 bits per heavy atom. The fraction of sp³-hybridized carbons (Fsp3) is 0.375. The summed E-state index contributed by atoms with van der Waals surface area (Å²) in [4.78, 5) is 23.4. The van der Waals surface area contributed by atoms with Crippen LogP contribution in [0.25, 0.3) is 0 Å². The van der Waals surface area contributed by atoms with Gasteiger partial charge in [-0.1, -0.05) is 23.9 Å². The van der Waals surface area contributed by atoms with E-state index >= 15 is 0 Å². The van der Waals surface area contributed by atoms with Gasteiger partial charge in [-0.2, -0.15) is 0 Å². The molecule has 0 saturated carbocycles. The largest absolute Gasteiger partial charge is 0.325 e. The average molecular weight is 332 g/mol. The van der Waals surface area contributed by atoms with Gasteiger partial charge in [-0.3, -0.25) is 9.59 Å². The maximum absolute atomic E-state index is 12.1. The minimum atomic E-state index is -0.147. The molecule has 2 rings (SSSR count). The Balaban J connectivity index is 1.98. The van der Waals surface area contributed by atoms with E-state index in [0.29, 0.717) is 11.3 Å². The Morgan fingerprint density at radius 3 is 2.70 bits per heavy atom. The Bertz CT molecular complexity index is 725. The van der Waals surface area contributed by atoms with Crippen molar-refractivity contribution < 1.29 is 9.59 Å². The topological polar surface area (TPSA) is 76.9 Å². The van der Waals surface area contributed by atoms with E-state index in [4.69, 9.17) is 0 Å². The first-order valence-corrected chi connectivity index (χ1v) is 8.32. The summed E-state index contributed by atoms with van der Waals surface area (Å²) in [5.74, 6) is 0.884. The zero-order valence-electron chi connectivity index (χ0n) is 13.7. The van der Waals surface area contributed by atoms with Crippen LogP contribution < -0.4 is 5.32 Å². The molecule has 1 amide bonds. The van der Waals surface area contributed by atoms with Crippen molar-refractivity contribution in [1.29, 1.82) is 0 Å². The van der Waals surface area contributed by atoms with Crippen LogP contribution in [0.5, 0.6) is 0 Å². The van der Waals surface area contributed by atoms with Crippen LogP contribution >= 0.6 is 11.8 Å². The molecule has 0 unspecified atom stereocenters. The van der Waals surface area contributed by atoms with E-state index in [9.17, 15) is 9.59 Å². The number of rotatable bonds is 6. The SMILES string of the molecule is CC(=O)c1cccc(NC(=O)CSc2nnc(C)n2C(C)C)c1.